The van der Waals surface area contributed by atoms with Gasteiger partial charge in [-0.05, 0) is 29.5 Å². The van der Waals surface area contributed by atoms with E-state index >= 15 is 0 Å². The van der Waals surface area contributed by atoms with Crippen molar-refractivity contribution >= 4 is 5.91 Å². The monoisotopic (exact) mass is 387 g/mol. The Morgan fingerprint density at radius 2 is 1.21 bits per heavy atom. The number of ether oxygens (including phenoxy) is 1. The summed E-state index contributed by atoms with van der Waals surface area (Å²) in [5.74, 6) is -0.102. The molecule has 2 atom stereocenters. The first-order valence-electron chi connectivity index (χ1n) is 10.0. The fourth-order valence-electron chi connectivity index (χ4n) is 3.54. The molecule has 1 heterocycles. The maximum Gasteiger partial charge on any atom is 0.277 e. The molecule has 148 valence electrons. The Labute approximate surface area is 171 Å². The Bertz CT molecular complexity index is 846. The lowest BCUT2D eigenvalue weighted by atomic mass is 9.94. The van der Waals surface area contributed by atoms with Crippen LogP contribution in [0.3, 0.4) is 0 Å². The Morgan fingerprint density at radius 3 is 1.79 bits per heavy atom. The molecule has 0 aliphatic carbocycles. The van der Waals surface area contributed by atoms with Crippen molar-refractivity contribution in [2.75, 3.05) is 0 Å². The summed E-state index contributed by atoms with van der Waals surface area (Å²) >= 11 is 0. The second kappa shape index (κ2) is 9.50. The van der Waals surface area contributed by atoms with E-state index in [1.807, 2.05) is 78.9 Å². The fraction of sp³-hybridized carbons (Fsp3) is 0.240. The van der Waals surface area contributed by atoms with Crippen LogP contribution in [0.4, 0.5) is 0 Å². The van der Waals surface area contributed by atoms with Crippen LogP contribution in [-0.4, -0.2) is 23.1 Å². The summed E-state index contributed by atoms with van der Waals surface area (Å²) in [4.78, 5) is 18.6. The highest BCUT2D eigenvalue weighted by atomic mass is 16.7. The minimum Gasteiger partial charge on any atom is -0.361 e. The summed E-state index contributed by atoms with van der Waals surface area (Å²) in [6, 6.07) is 30.0. The predicted molar refractivity (Wildman–Crippen MR) is 112 cm³/mol. The third kappa shape index (κ3) is 4.91. The first-order chi connectivity index (χ1) is 14.3. The van der Waals surface area contributed by atoms with E-state index in [9.17, 15) is 4.79 Å². The summed E-state index contributed by atoms with van der Waals surface area (Å²) in [6.07, 6.45) is 1.20. The second-order valence-electron chi connectivity index (χ2n) is 7.23. The van der Waals surface area contributed by atoms with Gasteiger partial charge in [0.1, 0.15) is 6.61 Å². The zero-order chi connectivity index (χ0) is 19.9. The standard InChI is InChI=1S/C25H25NO3/c27-25-24(28-18-21-12-6-2-7-13-21)23(17-16-20-10-4-1-5-11-20)26(25)29-19-22-14-8-3-9-15-22/h1-15,23-24H,16-19H2. The number of amides is 1. The molecule has 1 amide bonds. The molecule has 1 saturated heterocycles. The van der Waals surface area contributed by atoms with E-state index in [0.717, 1.165) is 24.0 Å². The van der Waals surface area contributed by atoms with E-state index in [0.29, 0.717) is 13.2 Å². The molecule has 0 aromatic heterocycles. The van der Waals surface area contributed by atoms with Gasteiger partial charge in [0.05, 0.1) is 12.6 Å². The number of aryl methyl sites for hydroxylation is 1. The molecule has 29 heavy (non-hydrogen) atoms. The molecule has 3 aromatic carbocycles. The van der Waals surface area contributed by atoms with Gasteiger partial charge in [-0.1, -0.05) is 91.0 Å². The zero-order valence-corrected chi connectivity index (χ0v) is 16.3. The molecule has 0 bridgehead atoms. The summed E-state index contributed by atoms with van der Waals surface area (Å²) in [7, 11) is 0. The molecule has 2 unspecified atom stereocenters. The molecular weight excluding hydrogens is 362 g/mol. The van der Waals surface area contributed by atoms with Crippen molar-refractivity contribution in [3.05, 3.63) is 108 Å². The highest BCUT2D eigenvalue weighted by Crippen LogP contribution is 2.29. The van der Waals surface area contributed by atoms with E-state index in [2.05, 4.69) is 12.1 Å². The van der Waals surface area contributed by atoms with E-state index in [4.69, 9.17) is 9.57 Å². The van der Waals surface area contributed by atoms with Gasteiger partial charge in [-0.25, -0.2) is 5.06 Å². The molecule has 0 N–H and O–H groups in total. The first kappa shape index (κ1) is 19.4. The van der Waals surface area contributed by atoms with E-state index in [1.54, 1.807) is 0 Å². The number of hydroxylamine groups is 2. The average Bonchev–Trinajstić information content (AvgIpc) is 2.78. The molecule has 1 aliphatic rings. The van der Waals surface area contributed by atoms with Gasteiger partial charge in [0, 0.05) is 0 Å². The van der Waals surface area contributed by atoms with Gasteiger partial charge < -0.3 is 4.74 Å². The SMILES string of the molecule is O=C1C(OCc2ccccc2)C(CCc2ccccc2)N1OCc1ccccc1. The second-order valence-corrected chi connectivity index (χ2v) is 7.23. The molecule has 0 spiro atoms. The molecular formula is C25H25NO3. The maximum atomic E-state index is 12.7. The number of nitrogens with zero attached hydrogens (tertiary/aromatic N) is 1. The number of hydrogen-bond donors (Lipinski definition) is 0. The molecule has 0 radical (unpaired) electrons. The third-order valence-corrected chi connectivity index (χ3v) is 5.17. The predicted octanol–water partition coefficient (Wildman–Crippen LogP) is 4.55. The summed E-state index contributed by atoms with van der Waals surface area (Å²) in [5.41, 5.74) is 3.35. The highest BCUT2D eigenvalue weighted by Gasteiger charge is 2.49. The minimum absolute atomic E-state index is 0.0878. The summed E-state index contributed by atoms with van der Waals surface area (Å²) in [5, 5.41) is 1.51. The fourth-order valence-corrected chi connectivity index (χ4v) is 3.54. The number of β-lactam (4-membered cyclic amide) rings is 1. The highest BCUT2D eigenvalue weighted by molar-refractivity contribution is 5.87. The Balaban J connectivity index is 1.39. The van der Waals surface area contributed by atoms with Crippen LogP contribution in [0.5, 0.6) is 0 Å². The van der Waals surface area contributed by atoms with Crippen LogP contribution in [0.1, 0.15) is 23.1 Å². The molecule has 4 rings (SSSR count). The quantitative estimate of drug-likeness (QED) is 0.506. The van der Waals surface area contributed by atoms with Crippen molar-refractivity contribution in [2.24, 2.45) is 0 Å². The van der Waals surface area contributed by atoms with Crippen molar-refractivity contribution in [1.82, 2.24) is 5.06 Å². The molecule has 1 aliphatic heterocycles. The summed E-state index contributed by atoms with van der Waals surface area (Å²) in [6.45, 7) is 0.797. The van der Waals surface area contributed by atoms with Gasteiger partial charge >= 0.3 is 0 Å². The number of rotatable bonds is 9. The van der Waals surface area contributed by atoms with Gasteiger partial charge in [-0.3, -0.25) is 9.63 Å². The number of carbonyl (C=O) groups is 1. The smallest absolute Gasteiger partial charge is 0.277 e. The van der Waals surface area contributed by atoms with Crippen LogP contribution in [0.15, 0.2) is 91.0 Å². The lowest BCUT2D eigenvalue weighted by Gasteiger charge is -2.45. The van der Waals surface area contributed by atoms with Crippen LogP contribution in [0.2, 0.25) is 0 Å². The number of carbonyl (C=O) groups excluding carboxylic acids is 1. The Hall–Kier alpha value is -2.95. The summed E-state index contributed by atoms with van der Waals surface area (Å²) < 4.78 is 5.99. The van der Waals surface area contributed by atoms with Gasteiger partial charge in [-0.15, -0.1) is 0 Å². The van der Waals surface area contributed by atoms with Gasteiger partial charge in [-0.2, -0.15) is 0 Å². The van der Waals surface area contributed by atoms with Crippen LogP contribution >= 0.6 is 0 Å². The normalized spacial score (nSPS) is 18.5. The molecule has 4 nitrogen and oxygen atoms in total. The topological polar surface area (TPSA) is 38.8 Å². The lowest BCUT2D eigenvalue weighted by Crippen LogP contribution is -2.65. The molecule has 3 aromatic rings. The zero-order valence-electron chi connectivity index (χ0n) is 16.3. The van der Waals surface area contributed by atoms with Crippen LogP contribution in [0.25, 0.3) is 0 Å². The Morgan fingerprint density at radius 1 is 0.690 bits per heavy atom. The number of hydrogen-bond acceptors (Lipinski definition) is 3. The van der Waals surface area contributed by atoms with Crippen molar-refractivity contribution < 1.29 is 14.4 Å². The molecule has 1 fully saturated rings. The molecule has 0 saturated carbocycles. The van der Waals surface area contributed by atoms with Crippen LogP contribution in [0, 0.1) is 0 Å². The average molecular weight is 387 g/mol. The Kier molecular flexibility index (Phi) is 6.35. The van der Waals surface area contributed by atoms with Gasteiger partial charge in [0.15, 0.2) is 6.10 Å². The van der Waals surface area contributed by atoms with Gasteiger partial charge in [0.2, 0.25) is 0 Å². The van der Waals surface area contributed by atoms with E-state index in [-0.39, 0.29) is 11.9 Å². The van der Waals surface area contributed by atoms with E-state index in [1.165, 1.54) is 10.6 Å². The van der Waals surface area contributed by atoms with E-state index < -0.39 is 6.10 Å². The maximum absolute atomic E-state index is 12.7. The molecule has 4 heteroatoms. The number of benzene rings is 3. The van der Waals surface area contributed by atoms with Crippen molar-refractivity contribution in [2.45, 2.75) is 38.2 Å². The van der Waals surface area contributed by atoms with Crippen LogP contribution in [-0.2, 0) is 34.0 Å². The van der Waals surface area contributed by atoms with Crippen molar-refractivity contribution in [1.29, 1.82) is 0 Å². The lowest BCUT2D eigenvalue weighted by molar-refractivity contribution is -0.267. The van der Waals surface area contributed by atoms with Crippen molar-refractivity contribution in [3.63, 3.8) is 0 Å². The minimum atomic E-state index is -0.463. The van der Waals surface area contributed by atoms with Crippen LogP contribution < -0.4 is 0 Å². The first-order valence-corrected chi connectivity index (χ1v) is 10.0. The third-order valence-electron chi connectivity index (χ3n) is 5.17. The van der Waals surface area contributed by atoms with Crippen molar-refractivity contribution in [3.8, 4) is 0 Å². The largest absolute Gasteiger partial charge is 0.361 e. The van der Waals surface area contributed by atoms with Gasteiger partial charge in [0.25, 0.3) is 5.91 Å².